The van der Waals surface area contributed by atoms with Crippen LogP contribution in [0.4, 0.5) is 18.9 Å². The average molecular weight is 403 g/mol. The van der Waals surface area contributed by atoms with Gasteiger partial charge in [0.1, 0.15) is 11.7 Å². The van der Waals surface area contributed by atoms with Gasteiger partial charge in [0.05, 0.1) is 23.1 Å². The number of benzene rings is 1. The zero-order valence-electron chi connectivity index (χ0n) is 15.8. The van der Waals surface area contributed by atoms with Gasteiger partial charge in [0, 0.05) is 18.5 Å². The molecule has 2 aliphatic rings. The first-order valence-electron chi connectivity index (χ1n) is 9.52. The summed E-state index contributed by atoms with van der Waals surface area (Å²) in [6, 6.07) is 8.19. The first-order valence-corrected chi connectivity index (χ1v) is 9.52. The summed E-state index contributed by atoms with van der Waals surface area (Å²) in [5.41, 5.74) is 2.15. The number of fused-ring (bicyclic) bond motifs is 1. The summed E-state index contributed by atoms with van der Waals surface area (Å²) in [7, 11) is 0. The molecule has 1 fully saturated rings. The van der Waals surface area contributed by atoms with E-state index in [0.717, 1.165) is 0 Å². The number of amides is 2. The van der Waals surface area contributed by atoms with Gasteiger partial charge in [-0.2, -0.15) is 0 Å². The van der Waals surface area contributed by atoms with E-state index in [4.69, 9.17) is 0 Å². The fraction of sp³-hybridized carbons (Fsp3) is 0.381. The van der Waals surface area contributed by atoms with Crippen LogP contribution in [0, 0.1) is 11.7 Å². The van der Waals surface area contributed by atoms with Crippen LogP contribution in [0.1, 0.15) is 47.6 Å². The third-order valence-electron chi connectivity index (χ3n) is 5.35. The maximum absolute atomic E-state index is 13.3. The monoisotopic (exact) mass is 403 g/mol. The number of aryl methyl sites for hydroxylation is 1. The maximum atomic E-state index is 13.3. The predicted octanol–water partition coefficient (Wildman–Crippen LogP) is 3.65. The van der Waals surface area contributed by atoms with Crippen molar-refractivity contribution >= 4 is 17.5 Å². The van der Waals surface area contributed by atoms with Gasteiger partial charge in [-0.25, -0.2) is 13.2 Å². The Bertz CT molecular complexity index is 962. The van der Waals surface area contributed by atoms with E-state index in [1.807, 2.05) is 0 Å². The Morgan fingerprint density at radius 1 is 1.21 bits per heavy atom. The van der Waals surface area contributed by atoms with E-state index in [0.29, 0.717) is 42.0 Å². The number of alkyl halides is 2. The number of halogens is 3. The van der Waals surface area contributed by atoms with Crippen molar-refractivity contribution in [1.29, 1.82) is 0 Å². The third kappa shape index (κ3) is 3.83. The van der Waals surface area contributed by atoms with Crippen molar-refractivity contribution in [2.24, 2.45) is 5.92 Å². The molecule has 8 heteroatoms. The third-order valence-corrected chi connectivity index (χ3v) is 5.35. The molecule has 1 aromatic carbocycles. The zero-order chi connectivity index (χ0) is 20.8. The molecule has 2 aromatic rings. The van der Waals surface area contributed by atoms with Crippen LogP contribution in [-0.2, 0) is 11.2 Å². The molecule has 5 nitrogen and oxygen atoms in total. The van der Waals surface area contributed by atoms with Crippen molar-refractivity contribution in [3.8, 4) is 0 Å². The largest absolute Gasteiger partial charge is 0.344 e. The second-order valence-electron chi connectivity index (χ2n) is 7.52. The highest BCUT2D eigenvalue weighted by molar-refractivity contribution is 5.98. The fourth-order valence-electron chi connectivity index (χ4n) is 3.56. The number of nitrogens with zero attached hydrogens (tertiary/aromatic N) is 2. The Balaban J connectivity index is 1.49. The molecular weight excluding hydrogens is 383 g/mol. The highest BCUT2D eigenvalue weighted by atomic mass is 19.3. The summed E-state index contributed by atoms with van der Waals surface area (Å²) < 4.78 is 39.6. The van der Waals surface area contributed by atoms with Gasteiger partial charge in [0.15, 0.2) is 0 Å². The summed E-state index contributed by atoms with van der Waals surface area (Å²) in [6.07, 6.45) is 0.881. The van der Waals surface area contributed by atoms with E-state index in [1.54, 1.807) is 19.1 Å². The molecule has 152 valence electrons. The summed E-state index contributed by atoms with van der Waals surface area (Å²) in [5, 5.41) is 2.81. The molecule has 0 radical (unpaired) electrons. The lowest BCUT2D eigenvalue weighted by molar-refractivity contribution is -0.121. The minimum atomic E-state index is -2.90. The lowest BCUT2D eigenvalue weighted by Gasteiger charge is -2.29. The highest BCUT2D eigenvalue weighted by Gasteiger charge is 2.62. The number of rotatable bonds is 4. The molecule has 1 aromatic heterocycles. The molecule has 2 atom stereocenters. The van der Waals surface area contributed by atoms with Crippen LogP contribution in [0.15, 0.2) is 36.4 Å². The molecule has 1 unspecified atom stereocenters. The van der Waals surface area contributed by atoms with Crippen LogP contribution in [0.2, 0.25) is 0 Å². The number of hydrogen-bond acceptors (Lipinski definition) is 3. The number of carbonyl (C=O) groups is 2. The van der Waals surface area contributed by atoms with Crippen molar-refractivity contribution in [2.75, 3.05) is 11.4 Å². The van der Waals surface area contributed by atoms with Crippen LogP contribution in [0.3, 0.4) is 0 Å². The average Bonchev–Trinajstić information content (AvgIpc) is 3.35. The summed E-state index contributed by atoms with van der Waals surface area (Å²) in [6.45, 7) is 2.17. The summed E-state index contributed by atoms with van der Waals surface area (Å²) in [5.74, 6) is -5.47. The number of pyridine rings is 1. The van der Waals surface area contributed by atoms with Crippen LogP contribution in [0.25, 0.3) is 0 Å². The van der Waals surface area contributed by atoms with E-state index in [1.165, 1.54) is 29.2 Å². The maximum Gasteiger partial charge on any atom is 0.260 e. The normalized spacial score (nSPS) is 20.6. The van der Waals surface area contributed by atoms with Gasteiger partial charge in [-0.05, 0) is 56.2 Å². The van der Waals surface area contributed by atoms with Crippen molar-refractivity contribution in [3.63, 3.8) is 0 Å². The Morgan fingerprint density at radius 3 is 2.55 bits per heavy atom. The summed E-state index contributed by atoms with van der Waals surface area (Å²) >= 11 is 0. The van der Waals surface area contributed by atoms with Gasteiger partial charge in [-0.1, -0.05) is 0 Å². The van der Waals surface area contributed by atoms with Gasteiger partial charge >= 0.3 is 0 Å². The minimum Gasteiger partial charge on any atom is -0.344 e. The molecule has 1 N–H and O–H groups in total. The van der Waals surface area contributed by atoms with Gasteiger partial charge < -0.3 is 10.2 Å². The molecule has 0 spiro atoms. The second-order valence-corrected chi connectivity index (χ2v) is 7.52. The van der Waals surface area contributed by atoms with Crippen LogP contribution in [0.5, 0.6) is 0 Å². The molecule has 0 saturated heterocycles. The lowest BCUT2D eigenvalue weighted by atomic mass is 10.0. The van der Waals surface area contributed by atoms with Crippen LogP contribution < -0.4 is 10.2 Å². The number of carbonyl (C=O) groups excluding carboxylic acids is 2. The lowest BCUT2D eigenvalue weighted by Crippen LogP contribution is -2.38. The van der Waals surface area contributed by atoms with Crippen LogP contribution in [-0.4, -0.2) is 29.3 Å². The molecule has 1 saturated carbocycles. The molecule has 0 bridgehead atoms. The van der Waals surface area contributed by atoms with E-state index in [9.17, 15) is 22.8 Å². The van der Waals surface area contributed by atoms with Gasteiger partial charge in [-0.15, -0.1) is 0 Å². The second kappa shape index (κ2) is 7.17. The van der Waals surface area contributed by atoms with Gasteiger partial charge in [-0.3, -0.25) is 14.6 Å². The first-order chi connectivity index (χ1) is 13.8. The van der Waals surface area contributed by atoms with Gasteiger partial charge in [0.25, 0.3) is 11.8 Å². The van der Waals surface area contributed by atoms with Crippen LogP contribution >= 0.6 is 0 Å². The smallest absolute Gasteiger partial charge is 0.260 e. The van der Waals surface area contributed by atoms with Crippen molar-refractivity contribution in [1.82, 2.24) is 10.3 Å². The Kier molecular flexibility index (Phi) is 4.80. The molecular formula is C21H20F3N3O2. The first kappa shape index (κ1) is 19.4. The topological polar surface area (TPSA) is 62.3 Å². The van der Waals surface area contributed by atoms with Gasteiger partial charge in [0.2, 0.25) is 5.91 Å². The molecule has 29 heavy (non-hydrogen) atoms. The SMILES string of the molecule is C[C@@H](NC(=O)c1ccc(F)cc1)c1ccc2c(n1)CCCN2C(=O)C1CC1(F)F. The molecule has 4 rings (SSSR count). The minimum absolute atomic E-state index is 0.332. The molecule has 2 amide bonds. The Morgan fingerprint density at radius 2 is 1.90 bits per heavy atom. The predicted molar refractivity (Wildman–Crippen MR) is 100 cm³/mol. The van der Waals surface area contributed by atoms with E-state index in [-0.39, 0.29) is 5.91 Å². The Labute approximate surface area is 165 Å². The standard InChI is InChI=1S/C21H20F3N3O2/c1-12(25-19(28)13-4-6-14(22)7-5-13)16-8-9-18-17(26-16)3-2-10-27(18)20(29)15-11-21(15,23)24/h4-9,12,15H,2-3,10-11H2,1H3,(H,25,28)/t12-,15?/m1/s1. The molecule has 2 heterocycles. The van der Waals surface area contributed by atoms with Crippen molar-refractivity contribution in [2.45, 2.75) is 38.2 Å². The number of nitrogens with one attached hydrogen (secondary N) is 1. The number of anilines is 1. The van der Waals surface area contributed by atoms with Crippen molar-refractivity contribution < 1.29 is 22.8 Å². The van der Waals surface area contributed by atoms with Crippen molar-refractivity contribution in [3.05, 3.63) is 59.2 Å². The zero-order valence-corrected chi connectivity index (χ0v) is 15.8. The summed E-state index contributed by atoms with van der Waals surface area (Å²) in [4.78, 5) is 30.7. The molecule has 1 aliphatic carbocycles. The highest BCUT2D eigenvalue weighted by Crippen LogP contribution is 2.50. The van der Waals surface area contributed by atoms with E-state index >= 15 is 0 Å². The number of hydrogen-bond donors (Lipinski definition) is 1. The Hall–Kier alpha value is -2.90. The van der Waals surface area contributed by atoms with E-state index < -0.39 is 36.0 Å². The van der Waals surface area contributed by atoms with E-state index in [2.05, 4.69) is 10.3 Å². The molecule has 1 aliphatic heterocycles. The fourth-order valence-corrected chi connectivity index (χ4v) is 3.56. The number of aromatic nitrogens is 1. The quantitative estimate of drug-likeness (QED) is 0.848.